The molecule has 2 nitrogen and oxygen atoms in total. The zero-order valence-electron chi connectivity index (χ0n) is 10.9. The van der Waals surface area contributed by atoms with Gasteiger partial charge in [-0.1, -0.05) is 41.9 Å². The normalized spacial score (nSPS) is 15.4. The maximum atomic E-state index is 6.40. The van der Waals surface area contributed by atoms with E-state index in [0.29, 0.717) is 0 Å². The molecule has 1 heterocycles. The van der Waals surface area contributed by atoms with E-state index in [2.05, 4.69) is 41.3 Å². The first kappa shape index (κ1) is 12.5. The number of hydrogen-bond donors (Lipinski definition) is 1. The van der Waals surface area contributed by atoms with E-state index < -0.39 is 0 Å². The van der Waals surface area contributed by atoms with Crippen LogP contribution in [0.5, 0.6) is 0 Å². The molecule has 1 aliphatic heterocycles. The standard InChI is InChI=1S/C16H17ClN2/c1-11(18)12-6-7-16(15(17)8-12)19-9-13-4-2-3-5-14(13)10-19/h2-8,11H,9-10,18H2,1H3/t11-/m1/s1. The smallest absolute Gasteiger partial charge is 0.0643 e. The first-order valence-corrected chi connectivity index (χ1v) is 6.89. The number of nitrogens with two attached hydrogens (primary N) is 1. The lowest BCUT2D eigenvalue weighted by atomic mass is 10.1. The highest BCUT2D eigenvalue weighted by Crippen LogP contribution is 2.34. The summed E-state index contributed by atoms with van der Waals surface area (Å²) in [5.74, 6) is 0. The third-order valence-corrected chi connectivity index (χ3v) is 3.98. The fourth-order valence-corrected chi connectivity index (χ4v) is 2.87. The van der Waals surface area contributed by atoms with Gasteiger partial charge >= 0.3 is 0 Å². The quantitative estimate of drug-likeness (QED) is 0.899. The molecule has 0 aromatic heterocycles. The summed E-state index contributed by atoms with van der Waals surface area (Å²) in [6, 6.07) is 14.7. The van der Waals surface area contributed by atoms with Crippen molar-refractivity contribution in [2.45, 2.75) is 26.1 Å². The van der Waals surface area contributed by atoms with Crippen LogP contribution in [0.2, 0.25) is 5.02 Å². The number of benzene rings is 2. The molecular weight excluding hydrogens is 256 g/mol. The van der Waals surface area contributed by atoms with Gasteiger partial charge in [0.05, 0.1) is 10.7 Å². The van der Waals surface area contributed by atoms with Crippen LogP contribution in [0, 0.1) is 0 Å². The van der Waals surface area contributed by atoms with Crippen molar-refractivity contribution < 1.29 is 0 Å². The monoisotopic (exact) mass is 272 g/mol. The topological polar surface area (TPSA) is 29.3 Å². The molecule has 3 heteroatoms. The van der Waals surface area contributed by atoms with Gasteiger partial charge in [-0.05, 0) is 35.7 Å². The van der Waals surface area contributed by atoms with Crippen LogP contribution in [0.25, 0.3) is 0 Å². The SMILES string of the molecule is C[C@@H](N)c1ccc(N2Cc3ccccc3C2)c(Cl)c1. The Balaban J connectivity index is 1.89. The number of hydrogen-bond acceptors (Lipinski definition) is 2. The van der Waals surface area contributed by atoms with E-state index in [0.717, 1.165) is 29.4 Å². The molecule has 0 amide bonds. The highest BCUT2D eigenvalue weighted by molar-refractivity contribution is 6.33. The first-order chi connectivity index (χ1) is 9.15. The fraction of sp³-hybridized carbons (Fsp3) is 0.250. The van der Waals surface area contributed by atoms with E-state index >= 15 is 0 Å². The third kappa shape index (κ3) is 2.34. The molecule has 3 rings (SSSR count). The van der Waals surface area contributed by atoms with Crippen LogP contribution in [0.1, 0.15) is 29.7 Å². The number of fused-ring (bicyclic) bond motifs is 1. The van der Waals surface area contributed by atoms with Crippen LogP contribution in [-0.2, 0) is 13.1 Å². The van der Waals surface area contributed by atoms with Crippen molar-refractivity contribution in [3.8, 4) is 0 Å². The minimum Gasteiger partial charge on any atom is -0.362 e. The van der Waals surface area contributed by atoms with Crippen molar-refractivity contribution >= 4 is 17.3 Å². The Labute approximate surface area is 118 Å². The van der Waals surface area contributed by atoms with Gasteiger partial charge in [-0.3, -0.25) is 0 Å². The van der Waals surface area contributed by atoms with E-state index in [9.17, 15) is 0 Å². The molecule has 2 aromatic carbocycles. The molecule has 2 N–H and O–H groups in total. The molecule has 0 saturated carbocycles. The fourth-order valence-electron chi connectivity index (χ4n) is 2.57. The predicted molar refractivity (Wildman–Crippen MR) is 80.4 cm³/mol. The number of nitrogens with zero attached hydrogens (tertiary/aromatic N) is 1. The van der Waals surface area contributed by atoms with E-state index in [1.165, 1.54) is 11.1 Å². The Morgan fingerprint density at radius 2 is 1.74 bits per heavy atom. The molecule has 0 bridgehead atoms. The van der Waals surface area contributed by atoms with Crippen molar-refractivity contribution in [2.24, 2.45) is 5.73 Å². The molecule has 98 valence electrons. The predicted octanol–water partition coefficient (Wildman–Crippen LogP) is 3.88. The summed E-state index contributed by atoms with van der Waals surface area (Å²) in [4.78, 5) is 2.30. The summed E-state index contributed by atoms with van der Waals surface area (Å²) in [7, 11) is 0. The molecular formula is C16H17ClN2. The summed E-state index contributed by atoms with van der Waals surface area (Å²) in [5.41, 5.74) is 10.8. The van der Waals surface area contributed by atoms with Crippen molar-refractivity contribution in [3.05, 3.63) is 64.2 Å². The average molecular weight is 273 g/mol. The van der Waals surface area contributed by atoms with Crippen molar-refractivity contribution in [2.75, 3.05) is 4.90 Å². The Morgan fingerprint density at radius 3 is 2.26 bits per heavy atom. The maximum absolute atomic E-state index is 6.40. The summed E-state index contributed by atoms with van der Waals surface area (Å²) in [6.45, 7) is 3.82. The first-order valence-electron chi connectivity index (χ1n) is 6.52. The maximum Gasteiger partial charge on any atom is 0.0643 e. The third-order valence-electron chi connectivity index (χ3n) is 3.68. The molecule has 0 aliphatic carbocycles. The lowest BCUT2D eigenvalue weighted by Crippen LogP contribution is -2.15. The van der Waals surface area contributed by atoms with Crippen LogP contribution < -0.4 is 10.6 Å². The van der Waals surface area contributed by atoms with Gasteiger partial charge in [0.25, 0.3) is 0 Å². The van der Waals surface area contributed by atoms with Crippen molar-refractivity contribution in [3.63, 3.8) is 0 Å². The van der Waals surface area contributed by atoms with Gasteiger partial charge in [-0.25, -0.2) is 0 Å². The van der Waals surface area contributed by atoms with Crippen LogP contribution in [0.3, 0.4) is 0 Å². The van der Waals surface area contributed by atoms with Gasteiger partial charge in [0.2, 0.25) is 0 Å². The molecule has 2 aromatic rings. The lowest BCUT2D eigenvalue weighted by Gasteiger charge is -2.20. The van der Waals surface area contributed by atoms with Gasteiger partial charge < -0.3 is 10.6 Å². The Bertz CT molecular complexity index is 582. The second kappa shape index (κ2) is 4.87. The van der Waals surface area contributed by atoms with Crippen LogP contribution >= 0.6 is 11.6 Å². The Hall–Kier alpha value is -1.51. The second-order valence-corrected chi connectivity index (χ2v) is 5.53. The van der Waals surface area contributed by atoms with Gasteiger partial charge in [-0.2, -0.15) is 0 Å². The van der Waals surface area contributed by atoms with Crippen LogP contribution in [0.15, 0.2) is 42.5 Å². The summed E-state index contributed by atoms with van der Waals surface area (Å²) < 4.78 is 0. The zero-order chi connectivity index (χ0) is 13.4. The molecule has 0 unspecified atom stereocenters. The largest absolute Gasteiger partial charge is 0.362 e. The van der Waals surface area contributed by atoms with E-state index in [-0.39, 0.29) is 6.04 Å². The highest BCUT2D eigenvalue weighted by Gasteiger charge is 2.20. The minimum absolute atomic E-state index is 0.0160. The Morgan fingerprint density at radius 1 is 1.11 bits per heavy atom. The number of halogens is 1. The summed E-state index contributed by atoms with van der Waals surface area (Å²) >= 11 is 6.40. The summed E-state index contributed by atoms with van der Waals surface area (Å²) in [5, 5.41) is 0.780. The van der Waals surface area contributed by atoms with Crippen LogP contribution in [-0.4, -0.2) is 0 Å². The zero-order valence-corrected chi connectivity index (χ0v) is 11.7. The highest BCUT2D eigenvalue weighted by atomic mass is 35.5. The Kier molecular flexibility index (Phi) is 3.21. The second-order valence-electron chi connectivity index (χ2n) is 5.12. The molecule has 0 spiro atoms. The lowest BCUT2D eigenvalue weighted by molar-refractivity contribution is 0.815. The van der Waals surface area contributed by atoms with E-state index in [1.54, 1.807) is 0 Å². The van der Waals surface area contributed by atoms with Crippen molar-refractivity contribution in [1.82, 2.24) is 0 Å². The van der Waals surface area contributed by atoms with Crippen LogP contribution in [0.4, 0.5) is 5.69 Å². The van der Waals surface area contributed by atoms with E-state index in [1.807, 2.05) is 13.0 Å². The number of anilines is 1. The molecule has 0 fully saturated rings. The average Bonchev–Trinajstić information content (AvgIpc) is 2.81. The summed E-state index contributed by atoms with van der Waals surface area (Å²) in [6.07, 6.45) is 0. The molecule has 0 saturated heterocycles. The molecule has 19 heavy (non-hydrogen) atoms. The van der Waals surface area contributed by atoms with Crippen molar-refractivity contribution in [1.29, 1.82) is 0 Å². The van der Waals surface area contributed by atoms with E-state index in [4.69, 9.17) is 17.3 Å². The molecule has 1 atom stereocenters. The number of rotatable bonds is 2. The van der Waals surface area contributed by atoms with Gasteiger partial charge in [0.1, 0.15) is 0 Å². The van der Waals surface area contributed by atoms with Gasteiger partial charge in [0.15, 0.2) is 0 Å². The molecule has 0 radical (unpaired) electrons. The van der Waals surface area contributed by atoms with Gasteiger partial charge in [-0.15, -0.1) is 0 Å². The molecule has 1 aliphatic rings. The van der Waals surface area contributed by atoms with Gasteiger partial charge in [0, 0.05) is 19.1 Å². The minimum atomic E-state index is 0.0160.